The standard InChI is InChI=1S/C16H15N3O2S/c20-16(18-15-17-8-10-22-15)19(12-14-7-4-9-21-14)11-13-5-2-1-3-6-13/h1-10H,11-12H2,(H,17,18,20). The van der Waals surface area contributed by atoms with Gasteiger partial charge in [0.25, 0.3) is 0 Å². The summed E-state index contributed by atoms with van der Waals surface area (Å²) >= 11 is 1.39. The highest BCUT2D eigenvalue weighted by Crippen LogP contribution is 2.15. The van der Waals surface area contributed by atoms with Crippen LogP contribution in [0.4, 0.5) is 9.93 Å². The van der Waals surface area contributed by atoms with Crippen molar-refractivity contribution >= 4 is 22.5 Å². The van der Waals surface area contributed by atoms with E-state index in [1.807, 2.05) is 47.8 Å². The number of furan rings is 1. The average Bonchev–Trinajstić information content (AvgIpc) is 3.21. The van der Waals surface area contributed by atoms with Crippen LogP contribution in [0.3, 0.4) is 0 Å². The largest absolute Gasteiger partial charge is 0.467 e. The monoisotopic (exact) mass is 313 g/mol. The molecule has 22 heavy (non-hydrogen) atoms. The van der Waals surface area contributed by atoms with Gasteiger partial charge >= 0.3 is 6.03 Å². The van der Waals surface area contributed by atoms with E-state index >= 15 is 0 Å². The molecular weight excluding hydrogens is 298 g/mol. The van der Waals surface area contributed by atoms with E-state index in [2.05, 4.69) is 10.3 Å². The number of aromatic nitrogens is 1. The van der Waals surface area contributed by atoms with Crippen LogP contribution in [0.25, 0.3) is 0 Å². The Morgan fingerprint density at radius 2 is 2.05 bits per heavy atom. The molecule has 0 aliphatic heterocycles. The van der Waals surface area contributed by atoms with Crippen molar-refractivity contribution in [1.29, 1.82) is 0 Å². The van der Waals surface area contributed by atoms with Gasteiger partial charge in [-0.3, -0.25) is 5.32 Å². The smallest absolute Gasteiger partial charge is 0.324 e. The number of thiazole rings is 1. The third kappa shape index (κ3) is 3.73. The number of hydrogen-bond donors (Lipinski definition) is 1. The lowest BCUT2D eigenvalue weighted by atomic mass is 10.2. The summed E-state index contributed by atoms with van der Waals surface area (Å²) in [5.74, 6) is 0.741. The molecule has 6 heteroatoms. The summed E-state index contributed by atoms with van der Waals surface area (Å²) in [5, 5.41) is 5.22. The number of urea groups is 1. The minimum absolute atomic E-state index is 0.199. The van der Waals surface area contributed by atoms with Crippen LogP contribution < -0.4 is 5.32 Å². The minimum atomic E-state index is -0.199. The molecule has 0 fully saturated rings. The summed E-state index contributed by atoms with van der Waals surface area (Å²) < 4.78 is 5.35. The van der Waals surface area contributed by atoms with Gasteiger partial charge in [0.05, 0.1) is 12.8 Å². The molecule has 2 aromatic heterocycles. The zero-order valence-electron chi connectivity index (χ0n) is 11.8. The number of nitrogens with one attached hydrogen (secondary N) is 1. The van der Waals surface area contributed by atoms with Gasteiger partial charge in [0.15, 0.2) is 5.13 Å². The maximum Gasteiger partial charge on any atom is 0.324 e. The van der Waals surface area contributed by atoms with Gasteiger partial charge in [0.1, 0.15) is 5.76 Å². The fraction of sp³-hybridized carbons (Fsp3) is 0.125. The molecule has 2 heterocycles. The summed E-state index contributed by atoms with van der Waals surface area (Å²) in [5.41, 5.74) is 1.06. The molecule has 0 saturated carbocycles. The molecule has 0 spiro atoms. The maximum absolute atomic E-state index is 12.5. The van der Waals surface area contributed by atoms with Crippen molar-refractivity contribution in [1.82, 2.24) is 9.88 Å². The summed E-state index contributed by atoms with van der Waals surface area (Å²) in [7, 11) is 0. The number of amides is 2. The first-order chi connectivity index (χ1) is 10.8. The van der Waals surface area contributed by atoms with Crippen molar-refractivity contribution in [2.75, 3.05) is 5.32 Å². The SMILES string of the molecule is O=C(Nc1nccs1)N(Cc1ccccc1)Cc1ccco1. The third-order valence-electron chi connectivity index (χ3n) is 3.08. The fourth-order valence-corrected chi connectivity index (χ4v) is 2.57. The van der Waals surface area contributed by atoms with Crippen LogP contribution >= 0.6 is 11.3 Å². The molecule has 0 atom stereocenters. The van der Waals surface area contributed by atoms with Crippen LogP contribution in [0.5, 0.6) is 0 Å². The van der Waals surface area contributed by atoms with E-state index in [1.54, 1.807) is 17.4 Å². The zero-order valence-corrected chi connectivity index (χ0v) is 12.6. The third-order valence-corrected chi connectivity index (χ3v) is 3.76. The van der Waals surface area contributed by atoms with Crippen molar-refractivity contribution in [2.45, 2.75) is 13.1 Å². The Kier molecular flexibility index (Phi) is 4.50. The Morgan fingerprint density at radius 3 is 2.73 bits per heavy atom. The predicted octanol–water partition coefficient (Wildman–Crippen LogP) is 3.97. The van der Waals surface area contributed by atoms with E-state index in [1.165, 1.54) is 11.3 Å². The van der Waals surface area contributed by atoms with Crippen LogP contribution in [0, 0.1) is 0 Å². The van der Waals surface area contributed by atoms with Gasteiger partial charge in [0, 0.05) is 18.1 Å². The Morgan fingerprint density at radius 1 is 1.18 bits per heavy atom. The predicted molar refractivity (Wildman–Crippen MR) is 85.5 cm³/mol. The topological polar surface area (TPSA) is 58.4 Å². The molecule has 0 radical (unpaired) electrons. The molecular formula is C16H15N3O2S. The number of benzene rings is 1. The highest BCUT2D eigenvalue weighted by atomic mass is 32.1. The Balaban J connectivity index is 1.74. The van der Waals surface area contributed by atoms with Crippen LogP contribution in [0.15, 0.2) is 64.7 Å². The van der Waals surface area contributed by atoms with Crippen molar-refractivity contribution < 1.29 is 9.21 Å². The maximum atomic E-state index is 12.5. The zero-order chi connectivity index (χ0) is 15.2. The second-order valence-electron chi connectivity index (χ2n) is 4.69. The quantitative estimate of drug-likeness (QED) is 0.775. The fourth-order valence-electron chi connectivity index (χ4n) is 2.05. The van der Waals surface area contributed by atoms with Crippen molar-refractivity contribution in [3.05, 3.63) is 71.6 Å². The van der Waals surface area contributed by atoms with Crippen molar-refractivity contribution in [3.63, 3.8) is 0 Å². The van der Waals surface area contributed by atoms with Gasteiger partial charge in [-0.1, -0.05) is 30.3 Å². The first kappa shape index (κ1) is 14.3. The second kappa shape index (κ2) is 6.91. The summed E-state index contributed by atoms with van der Waals surface area (Å²) in [6.07, 6.45) is 3.27. The van der Waals surface area contributed by atoms with Gasteiger partial charge in [-0.15, -0.1) is 11.3 Å². The van der Waals surface area contributed by atoms with E-state index in [0.717, 1.165) is 11.3 Å². The van der Waals surface area contributed by atoms with E-state index in [0.29, 0.717) is 18.2 Å². The molecule has 1 aromatic carbocycles. The first-order valence-electron chi connectivity index (χ1n) is 6.83. The van der Waals surface area contributed by atoms with Crippen molar-refractivity contribution in [3.8, 4) is 0 Å². The highest BCUT2D eigenvalue weighted by Gasteiger charge is 2.16. The molecule has 5 nitrogen and oxygen atoms in total. The minimum Gasteiger partial charge on any atom is -0.467 e. The molecule has 3 aromatic rings. The molecule has 3 rings (SSSR count). The normalized spacial score (nSPS) is 10.4. The van der Waals surface area contributed by atoms with Gasteiger partial charge in [0.2, 0.25) is 0 Å². The van der Waals surface area contributed by atoms with Gasteiger partial charge in [-0.05, 0) is 17.7 Å². The Labute approximate surface area is 132 Å². The Bertz CT molecular complexity index is 696. The molecule has 0 bridgehead atoms. The van der Waals surface area contributed by atoms with Crippen LogP contribution in [-0.2, 0) is 13.1 Å². The van der Waals surface area contributed by atoms with E-state index < -0.39 is 0 Å². The van der Waals surface area contributed by atoms with Crippen LogP contribution in [-0.4, -0.2) is 15.9 Å². The lowest BCUT2D eigenvalue weighted by Gasteiger charge is -2.21. The summed E-state index contributed by atoms with van der Waals surface area (Å²) in [6.45, 7) is 0.901. The lowest BCUT2D eigenvalue weighted by Crippen LogP contribution is -2.33. The Hall–Kier alpha value is -2.60. The number of rotatable bonds is 5. The molecule has 1 N–H and O–H groups in total. The molecule has 2 amide bonds. The average molecular weight is 313 g/mol. The van der Waals surface area contributed by atoms with E-state index in [9.17, 15) is 4.79 Å². The summed E-state index contributed by atoms with van der Waals surface area (Å²) in [6, 6.07) is 13.3. The number of carbonyl (C=O) groups excluding carboxylic acids is 1. The van der Waals surface area contributed by atoms with Gasteiger partial charge in [-0.2, -0.15) is 0 Å². The van der Waals surface area contributed by atoms with Crippen molar-refractivity contribution in [2.24, 2.45) is 0 Å². The number of anilines is 1. The second-order valence-corrected chi connectivity index (χ2v) is 5.58. The molecule has 112 valence electrons. The number of carbonyl (C=O) groups is 1. The molecule has 0 saturated heterocycles. The van der Waals surface area contributed by atoms with Crippen LogP contribution in [0.2, 0.25) is 0 Å². The number of hydrogen-bond acceptors (Lipinski definition) is 4. The van der Waals surface area contributed by atoms with Gasteiger partial charge in [-0.25, -0.2) is 9.78 Å². The van der Waals surface area contributed by atoms with Gasteiger partial charge < -0.3 is 9.32 Å². The molecule has 0 aliphatic carbocycles. The lowest BCUT2D eigenvalue weighted by molar-refractivity contribution is 0.201. The van der Waals surface area contributed by atoms with Crippen LogP contribution in [0.1, 0.15) is 11.3 Å². The summed E-state index contributed by atoms with van der Waals surface area (Å²) in [4.78, 5) is 18.3. The highest BCUT2D eigenvalue weighted by molar-refractivity contribution is 7.13. The molecule has 0 aliphatic rings. The molecule has 0 unspecified atom stereocenters. The number of nitrogens with zero attached hydrogens (tertiary/aromatic N) is 2. The van der Waals surface area contributed by atoms with E-state index in [4.69, 9.17) is 4.42 Å². The van der Waals surface area contributed by atoms with E-state index in [-0.39, 0.29) is 6.03 Å². The first-order valence-corrected chi connectivity index (χ1v) is 7.71.